The van der Waals surface area contributed by atoms with E-state index in [9.17, 15) is 4.79 Å². The summed E-state index contributed by atoms with van der Waals surface area (Å²) in [6.07, 6.45) is 3.78. The number of carbonyl (C=O) groups excluding carboxylic acids is 1. The Hall–Kier alpha value is -0.280. The number of halogens is 1. The summed E-state index contributed by atoms with van der Waals surface area (Å²) in [5, 5.41) is 0. The van der Waals surface area contributed by atoms with E-state index in [0.29, 0.717) is 5.92 Å². The zero-order chi connectivity index (χ0) is 10.6. The molecule has 3 unspecified atom stereocenters. The summed E-state index contributed by atoms with van der Waals surface area (Å²) in [7, 11) is 3.02. The lowest BCUT2D eigenvalue weighted by Crippen LogP contribution is -2.23. The van der Waals surface area contributed by atoms with Crippen LogP contribution in [0, 0.1) is 11.8 Å². The third-order valence-corrected chi connectivity index (χ3v) is 3.26. The topological polar surface area (TPSA) is 35.5 Å². The number of esters is 1. The predicted octanol–water partition coefficient (Wildman–Crippen LogP) is 2.18. The number of alkyl halides is 1. The van der Waals surface area contributed by atoms with Gasteiger partial charge in [0.25, 0.3) is 0 Å². The van der Waals surface area contributed by atoms with Crippen molar-refractivity contribution in [1.29, 1.82) is 0 Å². The maximum atomic E-state index is 11.4. The minimum absolute atomic E-state index is 0.0244. The first kappa shape index (κ1) is 11.8. The SMILES string of the molecule is COC(=O)C1CCCC1CC(Cl)OC. The highest BCUT2D eigenvalue weighted by molar-refractivity contribution is 6.19. The van der Waals surface area contributed by atoms with Crippen LogP contribution < -0.4 is 0 Å². The molecular formula is C10H17ClO3. The van der Waals surface area contributed by atoms with E-state index in [-0.39, 0.29) is 17.5 Å². The molecule has 3 nitrogen and oxygen atoms in total. The van der Waals surface area contributed by atoms with Crippen molar-refractivity contribution in [3.05, 3.63) is 0 Å². The third-order valence-electron chi connectivity index (χ3n) is 2.91. The molecule has 1 rings (SSSR count). The lowest BCUT2D eigenvalue weighted by molar-refractivity contribution is -0.146. The van der Waals surface area contributed by atoms with Crippen molar-refractivity contribution in [3.63, 3.8) is 0 Å². The summed E-state index contributed by atoms with van der Waals surface area (Å²) in [6.45, 7) is 0. The smallest absolute Gasteiger partial charge is 0.308 e. The molecule has 1 fully saturated rings. The van der Waals surface area contributed by atoms with Crippen LogP contribution in [0.5, 0.6) is 0 Å². The highest BCUT2D eigenvalue weighted by Crippen LogP contribution is 2.36. The zero-order valence-electron chi connectivity index (χ0n) is 8.66. The van der Waals surface area contributed by atoms with E-state index in [1.807, 2.05) is 0 Å². The first-order valence-electron chi connectivity index (χ1n) is 4.93. The molecule has 0 bridgehead atoms. The molecule has 3 atom stereocenters. The van der Waals surface area contributed by atoms with Crippen LogP contribution in [0.4, 0.5) is 0 Å². The molecule has 0 saturated heterocycles. The van der Waals surface area contributed by atoms with Crippen LogP contribution in [0.3, 0.4) is 0 Å². The fourth-order valence-corrected chi connectivity index (χ4v) is 2.34. The van der Waals surface area contributed by atoms with Crippen LogP contribution in [-0.4, -0.2) is 25.8 Å². The van der Waals surface area contributed by atoms with Crippen molar-refractivity contribution >= 4 is 17.6 Å². The maximum Gasteiger partial charge on any atom is 0.308 e. The quantitative estimate of drug-likeness (QED) is 0.538. The van der Waals surface area contributed by atoms with E-state index in [4.69, 9.17) is 21.1 Å². The summed E-state index contributed by atoms with van der Waals surface area (Å²) in [4.78, 5) is 11.4. The van der Waals surface area contributed by atoms with E-state index in [2.05, 4.69) is 0 Å². The Morgan fingerprint density at radius 1 is 1.50 bits per heavy atom. The number of hydrogen-bond donors (Lipinski definition) is 0. The number of methoxy groups -OCH3 is 2. The lowest BCUT2D eigenvalue weighted by atomic mass is 9.93. The van der Waals surface area contributed by atoms with Crippen LogP contribution >= 0.6 is 11.6 Å². The molecule has 0 heterocycles. The lowest BCUT2D eigenvalue weighted by Gasteiger charge is -2.19. The molecule has 0 spiro atoms. The van der Waals surface area contributed by atoms with Crippen molar-refractivity contribution in [2.75, 3.05) is 14.2 Å². The Bertz CT molecular complexity index is 196. The van der Waals surface area contributed by atoms with Crippen LogP contribution in [0.25, 0.3) is 0 Å². The fourth-order valence-electron chi connectivity index (χ4n) is 2.11. The number of ether oxygens (including phenoxy) is 2. The van der Waals surface area contributed by atoms with Gasteiger partial charge < -0.3 is 9.47 Å². The van der Waals surface area contributed by atoms with Gasteiger partial charge in [-0.15, -0.1) is 0 Å². The highest BCUT2D eigenvalue weighted by atomic mass is 35.5. The molecule has 0 aromatic heterocycles. The summed E-state index contributed by atoms with van der Waals surface area (Å²) in [6, 6.07) is 0. The molecule has 0 amide bonds. The van der Waals surface area contributed by atoms with Gasteiger partial charge in [-0.3, -0.25) is 4.79 Å². The molecule has 0 radical (unpaired) electrons. The van der Waals surface area contributed by atoms with Gasteiger partial charge in [0.05, 0.1) is 13.0 Å². The molecule has 82 valence electrons. The standard InChI is InChI=1S/C10H17ClO3/c1-13-9(11)6-7-4-3-5-8(7)10(12)14-2/h7-9H,3-6H2,1-2H3. The molecular weight excluding hydrogens is 204 g/mol. The Morgan fingerprint density at radius 2 is 2.21 bits per heavy atom. The van der Waals surface area contributed by atoms with Gasteiger partial charge >= 0.3 is 5.97 Å². The Kier molecular flexibility index (Phi) is 4.69. The maximum absolute atomic E-state index is 11.4. The summed E-state index contributed by atoms with van der Waals surface area (Å²) in [5.41, 5.74) is -0.287. The molecule has 1 aliphatic rings. The summed E-state index contributed by atoms with van der Waals surface area (Å²) >= 11 is 5.88. The molecule has 1 saturated carbocycles. The summed E-state index contributed by atoms with van der Waals surface area (Å²) in [5.74, 6) is 0.244. The normalized spacial score (nSPS) is 28.8. The Labute approximate surface area is 89.7 Å². The first-order valence-corrected chi connectivity index (χ1v) is 5.37. The van der Waals surface area contributed by atoms with Gasteiger partial charge in [-0.1, -0.05) is 18.0 Å². The molecule has 4 heteroatoms. The van der Waals surface area contributed by atoms with Crippen molar-refractivity contribution in [1.82, 2.24) is 0 Å². The monoisotopic (exact) mass is 220 g/mol. The van der Waals surface area contributed by atoms with Crippen molar-refractivity contribution in [2.24, 2.45) is 11.8 Å². The van der Waals surface area contributed by atoms with Gasteiger partial charge in [-0.05, 0) is 25.2 Å². The van der Waals surface area contributed by atoms with E-state index in [1.54, 1.807) is 7.11 Å². The van der Waals surface area contributed by atoms with Crippen molar-refractivity contribution < 1.29 is 14.3 Å². The van der Waals surface area contributed by atoms with Gasteiger partial charge in [0.15, 0.2) is 0 Å². The van der Waals surface area contributed by atoms with E-state index < -0.39 is 0 Å². The second kappa shape index (κ2) is 5.56. The van der Waals surface area contributed by atoms with E-state index >= 15 is 0 Å². The van der Waals surface area contributed by atoms with Gasteiger partial charge in [0.1, 0.15) is 5.56 Å². The molecule has 0 aliphatic heterocycles. The molecule has 1 aliphatic carbocycles. The second-order valence-electron chi connectivity index (χ2n) is 3.70. The molecule has 0 aromatic carbocycles. The van der Waals surface area contributed by atoms with E-state index in [0.717, 1.165) is 25.7 Å². The van der Waals surface area contributed by atoms with Crippen LogP contribution in [0.2, 0.25) is 0 Å². The third kappa shape index (κ3) is 2.85. The molecule has 0 aromatic rings. The molecule has 14 heavy (non-hydrogen) atoms. The van der Waals surface area contributed by atoms with Crippen LogP contribution in [0.15, 0.2) is 0 Å². The zero-order valence-corrected chi connectivity index (χ0v) is 9.42. The second-order valence-corrected chi connectivity index (χ2v) is 4.19. The molecule has 0 N–H and O–H groups in total. The Balaban J connectivity index is 2.46. The average Bonchev–Trinajstić information content (AvgIpc) is 2.64. The number of carbonyl (C=O) groups is 1. The largest absolute Gasteiger partial charge is 0.469 e. The fraction of sp³-hybridized carbons (Fsp3) is 0.900. The first-order chi connectivity index (χ1) is 6.69. The minimum atomic E-state index is -0.287. The van der Waals surface area contributed by atoms with Gasteiger partial charge in [-0.25, -0.2) is 0 Å². The van der Waals surface area contributed by atoms with Gasteiger partial charge in [0.2, 0.25) is 0 Å². The van der Waals surface area contributed by atoms with Crippen LogP contribution in [0.1, 0.15) is 25.7 Å². The van der Waals surface area contributed by atoms with Crippen molar-refractivity contribution in [2.45, 2.75) is 31.2 Å². The minimum Gasteiger partial charge on any atom is -0.469 e. The van der Waals surface area contributed by atoms with Gasteiger partial charge in [0, 0.05) is 7.11 Å². The predicted molar refractivity (Wildman–Crippen MR) is 54.1 cm³/mol. The average molecular weight is 221 g/mol. The van der Waals surface area contributed by atoms with Crippen LogP contribution in [-0.2, 0) is 14.3 Å². The number of hydrogen-bond acceptors (Lipinski definition) is 3. The van der Waals surface area contributed by atoms with E-state index in [1.165, 1.54) is 7.11 Å². The summed E-state index contributed by atoms with van der Waals surface area (Å²) < 4.78 is 9.74. The Morgan fingerprint density at radius 3 is 2.79 bits per heavy atom. The highest BCUT2D eigenvalue weighted by Gasteiger charge is 2.34. The number of rotatable bonds is 4. The van der Waals surface area contributed by atoms with Crippen molar-refractivity contribution in [3.8, 4) is 0 Å². The van der Waals surface area contributed by atoms with Gasteiger partial charge in [-0.2, -0.15) is 0 Å².